The lowest BCUT2D eigenvalue weighted by Gasteiger charge is -2.29. The van der Waals surface area contributed by atoms with Crippen LogP contribution >= 0.6 is 8.58 Å². The van der Waals surface area contributed by atoms with E-state index in [1.807, 2.05) is 50.4 Å². The third kappa shape index (κ3) is 4.03. The summed E-state index contributed by atoms with van der Waals surface area (Å²) in [6, 6.07) is 22.8. The zero-order valence-electron chi connectivity index (χ0n) is 17.2. The Bertz CT molecular complexity index is 1010. The standard InChI is InChI=1S/C25H28NOP/c1-17-11-10-16-21(23(17)27)25(3,4)28-24-18(2)12-9-15-20(24)22(26-5)19-13-7-6-8-14-19/h6-16,27-28H,1-5H3/b26-22+. The summed E-state index contributed by atoms with van der Waals surface area (Å²) in [7, 11) is 2.36. The summed E-state index contributed by atoms with van der Waals surface area (Å²) in [6.45, 7) is 8.54. The quantitative estimate of drug-likeness (QED) is 0.440. The van der Waals surface area contributed by atoms with Crippen LogP contribution < -0.4 is 5.30 Å². The second kappa shape index (κ2) is 8.29. The Balaban J connectivity index is 2.09. The molecule has 0 aliphatic heterocycles. The summed E-state index contributed by atoms with van der Waals surface area (Å²) >= 11 is 0. The lowest BCUT2D eigenvalue weighted by Crippen LogP contribution is -2.22. The third-order valence-electron chi connectivity index (χ3n) is 5.15. The Morgan fingerprint density at radius 3 is 2.18 bits per heavy atom. The van der Waals surface area contributed by atoms with Gasteiger partial charge in [-0.25, -0.2) is 0 Å². The van der Waals surface area contributed by atoms with Gasteiger partial charge in [0.25, 0.3) is 0 Å². The van der Waals surface area contributed by atoms with Crippen molar-refractivity contribution in [2.24, 2.45) is 4.99 Å². The molecule has 2 nitrogen and oxygen atoms in total. The highest BCUT2D eigenvalue weighted by Crippen LogP contribution is 2.45. The molecule has 0 spiro atoms. The SMILES string of the molecule is C/N=C(\c1ccccc1)c1cccc(C)c1PC(C)(C)c1cccc(C)c1O. The van der Waals surface area contributed by atoms with E-state index >= 15 is 0 Å². The molecule has 0 amide bonds. The van der Waals surface area contributed by atoms with Crippen molar-refractivity contribution in [3.05, 3.63) is 94.5 Å². The van der Waals surface area contributed by atoms with Crippen molar-refractivity contribution >= 4 is 19.6 Å². The molecule has 3 aromatic rings. The zero-order chi connectivity index (χ0) is 20.3. The Labute approximate surface area is 170 Å². The van der Waals surface area contributed by atoms with Gasteiger partial charge >= 0.3 is 0 Å². The maximum Gasteiger partial charge on any atom is 0.122 e. The molecule has 3 aromatic carbocycles. The summed E-state index contributed by atoms with van der Waals surface area (Å²) < 4.78 is 0. The van der Waals surface area contributed by atoms with Gasteiger partial charge in [-0.15, -0.1) is 0 Å². The highest BCUT2D eigenvalue weighted by molar-refractivity contribution is 7.49. The zero-order valence-corrected chi connectivity index (χ0v) is 18.2. The molecule has 1 atom stereocenters. The van der Waals surface area contributed by atoms with Gasteiger partial charge in [0.1, 0.15) is 5.75 Å². The molecule has 0 aromatic heterocycles. The van der Waals surface area contributed by atoms with Gasteiger partial charge in [-0.3, -0.25) is 4.99 Å². The Hall–Kier alpha value is -2.44. The minimum Gasteiger partial charge on any atom is -0.507 e. The van der Waals surface area contributed by atoms with Gasteiger partial charge in [0.15, 0.2) is 0 Å². The third-order valence-corrected chi connectivity index (χ3v) is 6.96. The molecule has 144 valence electrons. The van der Waals surface area contributed by atoms with Crippen molar-refractivity contribution in [1.29, 1.82) is 0 Å². The molecule has 0 heterocycles. The molecule has 3 heteroatoms. The fraction of sp³-hybridized carbons (Fsp3) is 0.240. The predicted molar refractivity (Wildman–Crippen MR) is 123 cm³/mol. The van der Waals surface area contributed by atoms with E-state index in [4.69, 9.17) is 0 Å². The number of hydrogen-bond acceptors (Lipinski definition) is 2. The first-order valence-electron chi connectivity index (χ1n) is 9.54. The smallest absolute Gasteiger partial charge is 0.122 e. The highest BCUT2D eigenvalue weighted by atomic mass is 31.1. The summed E-state index contributed by atoms with van der Waals surface area (Å²) in [4.78, 5) is 4.64. The lowest BCUT2D eigenvalue weighted by molar-refractivity contribution is 0.457. The lowest BCUT2D eigenvalue weighted by atomic mass is 9.98. The van der Waals surface area contributed by atoms with Crippen molar-refractivity contribution in [2.45, 2.75) is 32.9 Å². The van der Waals surface area contributed by atoms with Gasteiger partial charge in [0.2, 0.25) is 0 Å². The van der Waals surface area contributed by atoms with Crippen molar-refractivity contribution in [2.75, 3.05) is 7.05 Å². The minimum absolute atomic E-state index is 0.188. The summed E-state index contributed by atoms with van der Waals surface area (Å²) in [5, 5.41) is 11.8. The minimum atomic E-state index is -0.188. The maximum absolute atomic E-state index is 10.7. The predicted octanol–water partition coefficient (Wildman–Crippen LogP) is 5.72. The van der Waals surface area contributed by atoms with Crippen LogP contribution in [0.5, 0.6) is 5.75 Å². The summed E-state index contributed by atoms with van der Waals surface area (Å²) in [5.41, 5.74) is 6.48. The van der Waals surface area contributed by atoms with E-state index in [2.05, 4.69) is 56.1 Å². The first-order chi connectivity index (χ1) is 13.3. The van der Waals surface area contributed by atoms with E-state index in [-0.39, 0.29) is 5.16 Å². The first-order valence-corrected chi connectivity index (χ1v) is 10.5. The van der Waals surface area contributed by atoms with Gasteiger partial charge in [0.05, 0.1) is 5.71 Å². The number of aliphatic imine (C=N–C) groups is 1. The largest absolute Gasteiger partial charge is 0.507 e. The van der Waals surface area contributed by atoms with Gasteiger partial charge in [-0.05, 0) is 30.3 Å². The van der Waals surface area contributed by atoms with E-state index < -0.39 is 0 Å². The average Bonchev–Trinajstić information content (AvgIpc) is 2.68. The van der Waals surface area contributed by atoms with E-state index in [0.29, 0.717) is 14.3 Å². The van der Waals surface area contributed by atoms with E-state index in [9.17, 15) is 5.11 Å². The number of para-hydroxylation sites is 1. The highest BCUT2D eigenvalue weighted by Gasteiger charge is 2.27. The number of phenolic OH excluding ortho intramolecular Hbond substituents is 1. The van der Waals surface area contributed by atoms with Gasteiger partial charge in [-0.1, -0.05) is 89.2 Å². The fourth-order valence-corrected chi connectivity index (χ4v) is 5.15. The number of hydrogen-bond donors (Lipinski definition) is 1. The second-order valence-corrected chi connectivity index (χ2v) is 9.66. The number of phenols is 1. The van der Waals surface area contributed by atoms with Crippen LogP contribution in [-0.4, -0.2) is 17.9 Å². The number of aromatic hydroxyl groups is 1. The molecule has 3 rings (SSSR count). The Morgan fingerprint density at radius 2 is 1.50 bits per heavy atom. The number of nitrogens with zero attached hydrogens (tertiary/aromatic N) is 1. The Kier molecular flexibility index (Phi) is 6.01. The molecule has 0 aliphatic carbocycles. The topological polar surface area (TPSA) is 32.6 Å². The normalized spacial score (nSPS) is 12.7. The molecule has 0 aliphatic rings. The van der Waals surface area contributed by atoms with Crippen molar-refractivity contribution in [1.82, 2.24) is 0 Å². The maximum atomic E-state index is 10.7. The van der Waals surface area contributed by atoms with E-state index in [1.54, 1.807) is 0 Å². The van der Waals surface area contributed by atoms with Crippen LogP contribution in [0.2, 0.25) is 0 Å². The number of rotatable bonds is 5. The molecule has 0 bridgehead atoms. The van der Waals surface area contributed by atoms with E-state index in [0.717, 1.165) is 22.4 Å². The molecule has 28 heavy (non-hydrogen) atoms. The van der Waals surface area contributed by atoms with E-state index in [1.165, 1.54) is 16.4 Å². The summed E-state index contributed by atoms with van der Waals surface area (Å²) in [6.07, 6.45) is 0. The second-order valence-electron chi connectivity index (χ2n) is 7.66. The van der Waals surface area contributed by atoms with Crippen molar-refractivity contribution in [3.8, 4) is 5.75 Å². The molecule has 0 fully saturated rings. The molecule has 0 saturated carbocycles. The first kappa shape index (κ1) is 20.3. The molecule has 0 radical (unpaired) electrons. The summed E-state index contributed by atoms with van der Waals surface area (Å²) in [5.74, 6) is 0.405. The van der Waals surface area contributed by atoms with Crippen molar-refractivity contribution in [3.63, 3.8) is 0 Å². The van der Waals surface area contributed by atoms with Crippen LogP contribution in [0, 0.1) is 13.8 Å². The van der Waals surface area contributed by atoms with Crippen LogP contribution in [-0.2, 0) is 5.16 Å². The van der Waals surface area contributed by atoms with Crippen LogP contribution in [0.1, 0.15) is 41.7 Å². The molecule has 0 saturated heterocycles. The fourth-order valence-electron chi connectivity index (χ4n) is 3.58. The van der Waals surface area contributed by atoms with Crippen LogP contribution in [0.25, 0.3) is 0 Å². The molecule has 1 unspecified atom stereocenters. The molecular weight excluding hydrogens is 361 g/mol. The van der Waals surface area contributed by atoms with Crippen LogP contribution in [0.4, 0.5) is 0 Å². The molecular formula is C25H28NOP. The average molecular weight is 389 g/mol. The van der Waals surface area contributed by atoms with Crippen molar-refractivity contribution < 1.29 is 5.11 Å². The van der Waals surface area contributed by atoms with Gasteiger partial charge in [0, 0.05) is 28.9 Å². The number of aryl methyl sites for hydroxylation is 2. The molecule has 1 N–H and O–H groups in total. The number of benzene rings is 3. The monoisotopic (exact) mass is 389 g/mol. The Morgan fingerprint density at radius 1 is 0.857 bits per heavy atom. The van der Waals surface area contributed by atoms with Gasteiger partial charge < -0.3 is 5.11 Å². The van der Waals surface area contributed by atoms with Gasteiger partial charge in [-0.2, -0.15) is 0 Å². The van der Waals surface area contributed by atoms with Crippen LogP contribution in [0.3, 0.4) is 0 Å². The van der Waals surface area contributed by atoms with Crippen LogP contribution in [0.15, 0.2) is 71.7 Å².